The van der Waals surface area contributed by atoms with E-state index in [9.17, 15) is 14.4 Å². The molecule has 25 heavy (non-hydrogen) atoms. The van der Waals surface area contributed by atoms with Crippen molar-refractivity contribution < 1.29 is 19.1 Å². The summed E-state index contributed by atoms with van der Waals surface area (Å²) in [5.74, 6) is -0.658. The SMILES string of the molecule is CCCC(=O)N(C(C)C)C(C)C(=O)c1c(C)c(C(=O)OC)n(C)c1C. The molecule has 0 N–H and O–H groups in total. The first kappa shape index (κ1) is 20.9. The maximum atomic E-state index is 13.2. The number of amides is 1. The Morgan fingerprint density at radius 1 is 1.16 bits per heavy atom. The van der Waals surface area contributed by atoms with Gasteiger partial charge >= 0.3 is 5.97 Å². The second kappa shape index (κ2) is 8.32. The van der Waals surface area contributed by atoms with Crippen LogP contribution in [0, 0.1) is 13.8 Å². The van der Waals surface area contributed by atoms with Crippen molar-refractivity contribution in [3.05, 3.63) is 22.5 Å². The van der Waals surface area contributed by atoms with E-state index in [1.165, 1.54) is 7.11 Å². The Balaban J connectivity index is 3.35. The molecule has 0 radical (unpaired) electrons. The summed E-state index contributed by atoms with van der Waals surface area (Å²) >= 11 is 0. The topological polar surface area (TPSA) is 68.6 Å². The number of Topliss-reactive ketones (excluding diaryl/α,β-unsaturated/α-hetero) is 1. The third-order valence-corrected chi connectivity index (χ3v) is 4.66. The van der Waals surface area contributed by atoms with Gasteiger partial charge in [0.15, 0.2) is 5.78 Å². The van der Waals surface area contributed by atoms with Gasteiger partial charge in [-0.15, -0.1) is 0 Å². The Kier molecular flexibility index (Phi) is 6.96. The maximum Gasteiger partial charge on any atom is 0.354 e. The fourth-order valence-corrected chi connectivity index (χ4v) is 3.36. The molecule has 0 saturated heterocycles. The van der Waals surface area contributed by atoms with E-state index in [2.05, 4.69) is 0 Å². The van der Waals surface area contributed by atoms with Crippen molar-refractivity contribution in [2.24, 2.45) is 7.05 Å². The van der Waals surface area contributed by atoms with Gasteiger partial charge in [0.2, 0.25) is 5.91 Å². The van der Waals surface area contributed by atoms with Crippen molar-refractivity contribution >= 4 is 17.7 Å². The molecule has 1 atom stereocenters. The minimum Gasteiger partial charge on any atom is -0.464 e. The fourth-order valence-electron chi connectivity index (χ4n) is 3.36. The molecule has 1 heterocycles. The number of aromatic nitrogens is 1. The summed E-state index contributed by atoms with van der Waals surface area (Å²) in [6, 6.07) is -0.674. The number of carbonyl (C=O) groups excluding carboxylic acids is 3. The molecule has 0 spiro atoms. The molecule has 0 bridgehead atoms. The van der Waals surface area contributed by atoms with Crippen molar-refractivity contribution in [1.29, 1.82) is 0 Å². The van der Waals surface area contributed by atoms with E-state index in [1.54, 1.807) is 37.3 Å². The molecule has 0 saturated carbocycles. The zero-order valence-electron chi connectivity index (χ0n) is 16.6. The lowest BCUT2D eigenvalue weighted by molar-refractivity contribution is -0.134. The predicted octanol–water partition coefficient (Wildman–Crippen LogP) is 3.04. The van der Waals surface area contributed by atoms with Gasteiger partial charge in [0.05, 0.1) is 13.2 Å². The van der Waals surface area contributed by atoms with Crippen LogP contribution in [-0.2, 0) is 16.6 Å². The normalized spacial score (nSPS) is 12.2. The Bertz CT molecular complexity index is 673. The number of esters is 1. The van der Waals surface area contributed by atoms with Gasteiger partial charge in [0.1, 0.15) is 5.69 Å². The van der Waals surface area contributed by atoms with E-state index in [-0.39, 0.29) is 17.7 Å². The average Bonchev–Trinajstić information content (AvgIpc) is 2.75. The molecule has 0 aromatic carbocycles. The Hall–Kier alpha value is -2.11. The summed E-state index contributed by atoms with van der Waals surface area (Å²) in [7, 11) is 3.05. The standard InChI is InChI=1S/C19H30N2O4/c1-9-10-15(22)21(11(2)3)14(6)18(23)16-12(4)17(19(24)25-8)20(7)13(16)5/h11,14H,9-10H2,1-8H3. The number of carbonyl (C=O) groups is 3. The third kappa shape index (κ3) is 3.94. The van der Waals surface area contributed by atoms with Crippen molar-refractivity contribution in [3.63, 3.8) is 0 Å². The van der Waals surface area contributed by atoms with Crippen LogP contribution < -0.4 is 0 Å². The average molecular weight is 350 g/mol. The molecule has 1 rings (SSSR count). The number of rotatable bonds is 7. The van der Waals surface area contributed by atoms with Crippen LogP contribution in [0.5, 0.6) is 0 Å². The zero-order chi connectivity index (χ0) is 19.5. The Labute approximate surface area is 150 Å². The number of ketones is 1. The second-order valence-corrected chi connectivity index (χ2v) is 6.67. The van der Waals surface area contributed by atoms with Gasteiger partial charge in [0.25, 0.3) is 0 Å². The van der Waals surface area contributed by atoms with Crippen LogP contribution in [0.4, 0.5) is 0 Å². The highest BCUT2D eigenvalue weighted by atomic mass is 16.5. The molecule has 6 heteroatoms. The summed E-state index contributed by atoms with van der Waals surface area (Å²) in [4.78, 5) is 39.3. The minimum absolute atomic E-state index is 0.0298. The lowest BCUT2D eigenvalue weighted by Crippen LogP contribution is -2.47. The third-order valence-electron chi connectivity index (χ3n) is 4.66. The van der Waals surface area contributed by atoms with E-state index in [1.807, 2.05) is 20.8 Å². The summed E-state index contributed by atoms with van der Waals surface area (Å²) < 4.78 is 6.50. The monoisotopic (exact) mass is 350 g/mol. The first-order valence-corrected chi connectivity index (χ1v) is 8.69. The lowest BCUT2D eigenvalue weighted by atomic mass is 9.98. The van der Waals surface area contributed by atoms with Crippen LogP contribution in [0.15, 0.2) is 0 Å². The maximum absolute atomic E-state index is 13.2. The quantitative estimate of drug-likeness (QED) is 0.560. The van der Waals surface area contributed by atoms with Crippen molar-refractivity contribution in [2.75, 3.05) is 7.11 Å². The highest BCUT2D eigenvalue weighted by Gasteiger charge is 2.33. The molecule has 1 aromatic rings. The van der Waals surface area contributed by atoms with Gasteiger partial charge in [-0.25, -0.2) is 4.79 Å². The van der Waals surface area contributed by atoms with Crippen molar-refractivity contribution in [3.8, 4) is 0 Å². The van der Waals surface area contributed by atoms with Crippen LogP contribution in [0.3, 0.4) is 0 Å². The Morgan fingerprint density at radius 2 is 1.72 bits per heavy atom. The molecule has 0 aliphatic carbocycles. The molecule has 140 valence electrons. The largest absolute Gasteiger partial charge is 0.464 e. The van der Waals surface area contributed by atoms with Crippen molar-refractivity contribution in [1.82, 2.24) is 9.47 Å². The number of methoxy groups -OCH3 is 1. The number of hydrogen-bond donors (Lipinski definition) is 0. The molecular formula is C19H30N2O4. The van der Waals surface area contributed by atoms with Gasteiger partial charge in [-0.05, 0) is 46.6 Å². The van der Waals surface area contributed by atoms with Crippen LogP contribution in [0.1, 0.15) is 72.6 Å². The van der Waals surface area contributed by atoms with Crippen LogP contribution in [-0.4, -0.2) is 46.3 Å². The molecule has 0 aliphatic rings. The number of ether oxygens (including phenoxy) is 1. The van der Waals surface area contributed by atoms with Gasteiger partial charge in [-0.2, -0.15) is 0 Å². The van der Waals surface area contributed by atoms with Crippen molar-refractivity contribution in [2.45, 2.75) is 66.5 Å². The van der Waals surface area contributed by atoms with Gasteiger partial charge in [-0.1, -0.05) is 6.92 Å². The number of nitrogens with zero attached hydrogens (tertiary/aromatic N) is 2. The minimum atomic E-state index is -0.593. The molecule has 1 unspecified atom stereocenters. The summed E-state index contributed by atoms with van der Waals surface area (Å²) in [5.41, 5.74) is 2.15. The summed E-state index contributed by atoms with van der Waals surface area (Å²) in [6.45, 7) is 11.0. The summed E-state index contributed by atoms with van der Waals surface area (Å²) in [5, 5.41) is 0. The van der Waals surface area contributed by atoms with E-state index in [4.69, 9.17) is 4.74 Å². The molecule has 1 aromatic heterocycles. The van der Waals surface area contributed by atoms with Crippen LogP contribution in [0.25, 0.3) is 0 Å². The molecule has 0 fully saturated rings. The highest BCUT2D eigenvalue weighted by molar-refractivity contribution is 6.06. The van der Waals surface area contributed by atoms with Gasteiger partial charge < -0.3 is 14.2 Å². The van der Waals surface area contributed by atoms with E-state index in [0.717, 1.165) is 6.42 Å². The van der Waals surface area contributed by atoms with Crippen LogP contribution in [0.2, 0.25) is 0 Å². The molecule has 6 nitrogen and oxygen atoms in total. The first-order chi connectivity index (χ1) is 11.6. The smallest absolute Gasteiger partial charge is 0.354 e. The summed E-state index contributed by atoms with van der Waals surface area (Å²) in [6.07, 6.45) is 1.15. The second-order valence-electron chi connectivity index (χ2n) is 6.67. The van der Waals surface area contributed by atoms with E-state index < -0.39 is 12.0 Å². The first-order valence-electron chi connectivity index (χ1n) is 8.69. The Morgan fingerprint density at radius 3 is 2.16 bits per heavy atom. The van der Waals surface area contributed by atoms with E-state index >= 15 is 0 Å². The molecule has 0 aliphatic heterocycles. The lowest BCUT2D eigenvalue weighted by Gasteiger charge is -2.32. The van der Waals surface area contributed by atoms with Gasteiger partial charge in [0, 0.05) is 30.8 Å². The molecular weight excluding hydrogens is 320 g/mol. The van der Waals surface area contributed by atoms with Gasteiger partial charge in [-0.3, -0.25) is 9.59 Å². The highest BCUT2D eigenvalue weighted by Crippen LogP contribution is 2.25. The molecule has 1 amide bonds. The number of hydrogen-bond acceptors (Lipinski definition) is 4. The van der Waals surface area contributed by atoms with Crippen LogP contribution >= 0.6 is 0 Å². The zero-order valence-corrected chi connectivity index (χ0v) is 16.6. The van der Waals surface area contributed by atoms with E-state index in [0.29, 0.717) is 28.9 Å². The fraction of sp³-hybridized carbons (Fsp3) is 0.632. The predicted molar refractivity (Wildman–Crippen MR) is 96.9 cm³/mol.